The zero-order chi connectivity index (χ0) is 17.9. The summed E-state index contributed by atoms with van der Waals surface area (Å²) in [4.78, 5) is 18.0. The number of thiazole rings is 1. The summed E-state index contributed by atoms with van der Waals surface area (Å²) in [5.41, 5.74) is 0.965. The maximum atomic E-state index is 5.63. The highest BCUT2D eigenvalue weighted by Crippen LogP contribution is 2.14. The Kier molecular flexibility index (Phi) is 5.05. The summed E-state index contributed by atoms with van der Waals surface area (Å²) in [6, 6.07) is 1.83. The Balaban J connectivity index is 1.35. The Labute approximate surface area is 160 Å². The molecular weight excluding hydrogens is 370 g/mol. The van der Waals surface area contributed by atoms with Crippen molar-refractivity contribution in [1.29, 1.82) is 0 Å². The molecule has 1 fully saturated rings. The third kappa shape index (κ3) is 3.97. The molecule has 1 aliphatic heterocycles. The van der Waals surface area contributed by atoms with E-state index >= 15 is 0 Å². The van der Waals surface area contributed by atoms with Gasteiger partial charge in [-0.3, -0.25) is 4.90 Å². The second kappa shape index (κ2) is 7.60. The topological polar surface area (TPSA) is 76.1 Å². The number of rotatable bonds is 5. The molecule has 0 N–H and O–H groups in total. The van der Waals surface area contributed by atoms with Crippen molar-refractivity contribution in [3.05, 3.63) is 45.3 Å². The molecule has 0 amide bonds. The normalized spacial score (nSPS) is 15.5. The summed E-state index contributed by atoms with van der Waals surface area (Å²) in [6.07, 6.45) is 4.11. The van der Waals surface area contributed by atoms with Gasteiger partial charge in [-0.2, -0.15) is 0 Å². The summed E-state index contributed by atoms with van der Waals surface area (Å²) in [6.45, 7) is 6.16. The van der Waals surface area contributed by atoms with E-state index in [0.717, 1.165) is 42.8 Å². The zero-order valence-corrected chi connectivity index (χ0v) is 16.0. The summed E-state index contributed by atoms with van der Waals surface area (Å²) in [5, 5.41) is 7.58. The van der Waals surface area contributed by atoms with E-state index in [9.17, 15) is 0 Å². The highest BCUT2D eigenvalue weighted by atomic mass is 32.1. The lowest BCUT2D eigenvalue weighted by Gasteiger charge is -2.34. The van der Waals surface area contributed by atoms with Gasteiger partial charge in [-0.25, -0.2) is 19.6 Å². The van der Waals surface area contributed by atoms with E-state index in [1.54, 1.807) is 28.4 Å². The number of aromatic nitrogens is 5. The predicted octanol–water partition coefficient (Wildman–Crippen LogP) is 2.13. The molecule has 3 aromatic rings. The van der Waals surface area contributed by atoms with Crippen molar-refractivity contribution in [3.63, 3.8) is 0 Å². The average molecular weight is 390 g/mol. The minimum Gasteiger partial charge on any atom is -0.414 e. The van der Waals surface area contributed by atoms with Crippen LogP contribution in [0.25, 0.3) is 0 Å². The summed E-state index contributed by atoms with van der Waals surface area (Å²) in [7, 11) is 0. The lowest BCUT2D eigenvalue weighted by Crippen LogP contribution is -2.47. The molecule has 0 unspecified atom stereocenters. The van der Waals surface area contributed by atoms with Crippen LogP contribution in [0.4, 0.5) is 5.95 Å². The molecule has 26 heavy (non-hydrogen) atoms. The first-order valence-corrected chi connectivity index (χ1v) is 9.68. The molecule has 0 saturated carbocycles. The Morgan fingerprint density at radius 2 is 1.96 bits per heavy atom. The first-order valence-electron chi connectivity index (χ1n) is 8.39. The van der Waals surface area contributed by atoms with Gasteiger partial charge in [0.2, 0.25) is 11.8 Å². The van der Waals surface area contributed by atoms with E-state index in [1.165, 1.54) is 0 Å². The molecule has 1 saturated heterocycles. The third-order valence-corrected chi connectivity index (χ3v) is 5.30. The molecule has 0 bridgehead atoms. The molecule has 0 atom stereocenters. The predicted molar refractivity (Wildman–Crippen MR) is 101 cm³/mol. The average Bonchev–Trinajstić information content (AvgIpc) is 3.22. The Morgan fingerprint density at radius 3 is 2.65 bits per heavy atom. The van der Waals surface area contributed by atoms with Crippen LogP contribution >= 0.6 is 23.6 Å². The fourth-order valence-corrected chi connectivity index (χ4v) is 3.70. The monoisotopic (exact) mass is 389 g/mol. The quantitative estimate of drug-likeness (QED) is 0.614. The van der Waals surface area contributed by atoms with Gasteiger partial charge in [0, 0.05) is 44.0 Å². The Hall–Kier alpha value is -2.17. The van der Waals surface area contributed by atoms with Gasteiger partial charge in [0.1, 0.15) is 0 Å². The van der Waals surface area contributed by atoms with Gasteiger partial charge in [-0.15, -0.1) is 16.4 Å². The molecule has 136 valence electrons. The van der Waals surface area contributed by atoms with Gasteiger partial charge in [0.15, 0.2) is 0 Å². The SMILES string of the molecule is Cc1nc(Cc2nn(CN3CCN(c4ncccn4)CC3)c(=S)o2)cs1. The minimum absolute atomic E-state index is 0.403. The second-order valence-electron chi connectivity index (χ2n) is 6.09. The zero-order valence-electron chi connectivity index (χ0n) is 14.4. The minimum atomic E-state index is 0.403. The van der Waals surface area contributed by atoms with Gasteiger partial charge in [-0.05, 0) is 25.2 Å². The first kappa shape index (κ1) is 17.3. The molecular formula is C16H19N7OS2. The fraction of sp³-hybridized carbons (Fsp3) is 0.438. The van der Waals surface area contributed by atoms with E-state index in [0.29, 0.717) is 23.8 Å². The second-order valence-corrected chi connectivity index (χ2v) is 7.50. The molecule has 0 spiro atoms. The molecule has 0 aromatic carbocycles. The van der Waals surface area contributed by atoms with E-state index in [2.05, 4.69) is 29.9 Å². The number of hydrogen-bond donors (Lipinski definition) is 0. The van der Waals surface area contributed by atoms with Crippen LogP contribution in [0.1, 0.15) is 16.6 Å². The van der Waals surface area contributed by atoms with Crippen molar-refractivity contribution in [1.82, 2.24) is 29.6 Å². The van der Waals surface area contributed by atoms with E-state index in [1.807, 2.05) is 18.4 Å². The van der Waals surface area contributed by atoms with Gasteiger partial charge >= 0.3 is 0 Å². The van der Waals surface area contributed by atoms with Crippen molar-refractivity contribution in [2.75, 3.05) is 31.1 Å². The number of hydrogen-bond acceptors (Lipinski definition) is 9. The van der Waals surface area contributed by atoms with Crippen molar-refractivity contribution in [3.8, 4) is 0 Å². The van der Waals surface area contributed by atoms with Crippen LogP contribution in [-0.2, 0) is 13.1 Å². The van der Waals surface area contributed by atoms with Crippen LogP contribution in [-0.4, -0.2) is 55.8 Å². The van der Waals surface area contributed by atoms with Gasteiger partial charge in [0.25, 0.3) is 4.84 Å². The van der Waals surface area contributed by atoms with Gasteiger partial charge in [-0.1, -0.05) is 0 Å². The van der Waals surface area contributed by atoms with Crippen LogP contribution in [0, 0.1) is 11.8 Å². The third-order valence-electron chi connectivity index (χ3n) is 4.19. The van der Waals surface area contributed by atoms with E-state index < -0.39 is 0 Å². The summed E-state index contributed by atoms with van der Waals surface area (Å²) < 4.78 is 7.38. The van der Waals surface area contributed by atoms with Crippen LogP contribution < -0.4 is 4.90 Å². The molecule has 1 aliphatic rings. The summed E-state index contributed by atoms with van der Waals surface area (Å²) >= 11 is 6.95. The largest absolute Gasteiger partial charge is 0.414 e. The summed E-state index contributed by atoms with van der Waals surface area (Å²) in [5.74, 6) is 1.39. The highest BCUT2D eigenvalue weighted by Gasteiger charge is 2.20. The molecule has 4 rings (SSSR count). The number of piperazine rings is 1. The van der Waals surface area contributed by atoms with Crippen LogP contribution in [0.2, 0.25) is 0 Å². The number of nitrogens with zero attached hydrogens (tertiary/aromatic N) is 7. The fourth-order valence-electron chi connectivity index (χ4n) is 2.89. The molecule has 0 aliphatic carbocycles. The van der Waals surface area contributed by atoms with E-state index in [-0.39, 0.29) is 0 Å². The first-order chi connectivity index (χ1) is 12.7. The highest BCUT2D eigenvalue weighted by molar-refractivity contribution is 7.71. The standard InChI is InChI=1S/C16H19N7OS2/c1-12-19-13(10-26-12)9-14-20-23(16(25)24-14)11-21-5-7-22(8-6-21)15-17-3-2-4-18-15/h2-4,10H,5-9,11H2,1H3. The molecule has 0 radical (unpaired) electrons. The lowest BCUT2D eigenvalue weighted by molar-refractivity contribution is 0.191. The Morgan fingerprint density at radius 1 is 1.19 bits per heavy atom. The molecule has 4 heterocycles. The molecule has 8 nitrogen and oxygen atoms in total. The number of aryl methyl sites for hydroxylation is 1. The smallest absolute Gasteiger partial charge is 0.288 e. The number of anilines is 1. The van der Waals surface area contributed by atoms with Crippen molar-refractivity contribution in [2.45, 2.75) is 20.0 Å². The van der Waals surface area contributed by atoms with Crippen molar-refractivity contribution < 1.29 is 4.42 Å². The van der Waals surface area contributed by atoms with Gasteiger partial charge < -0.3 is 9.32 Å². The lowest BCUT2D eigenvalue weighted by atomic mass is 10.3. The van der Waals surface area contributed by atoms with Crippen molar-refractivity contribution >= 4 is 29.5 Å². The maximum Gasteiger partial charge on any atom is 0.288 e. The van der Waals surface area contributed by atoms with Crippen LogP contribution in [0.5, 0.6) is 0 Å². The van der Waals surface area contributed by atoms with E-state index in [4.69, 9.17) is 16.6 Å². The van der Waals surface area contributed by atoms with Gasteiger partial charge in [0.05, 0.1) is 23.8 Å². The molecule has 3 aromatic heterocycles. The maximum absolute atomic E-state index is 5.63. The van der Waals surface area contributed by atoms with Crippen LogP contribution in [0.3, 0.4) is 0 Å². The van der Waals surface area contributed by atoms with Crippen molar-refractivity contribution in [2.24, 2.45) is 0 Å². The molecule has 10 heteroatoms. The van der Waals surface area contributed by atoms with Crippen LogP contribution in [0.15, 0.2) is 28.3 Å². The Bertz CT molecular complexity index is 912.